The lowest BCUT2D eigenvalue weighted by Gasteiger charge is -2.31. The van der Waals surface area contributed by atoms with Crippen molar-refractivity contribution in [1.29, 1.82) is 0 Å². The number of rotatable bonds is 7. The molecule has 2 aromatic rings. The smallest absolute Gasteiger partial charge is 0.244 e. The maximum absolute atomic E-state index is 12.9. The molecule has 2 atom stereocenters. The van der Waals surface area contributed by atoms with E-state index in [1.54, 1.807) is 31.2 Å². The van der Waals surface area contributed by atoms with Gasteiger partial charge in [0.05, 0.1) is 18.0 Å². The fraction of sp³-hybridized carbons (Fsp3) is 0.350. The number of amides is 1. The van der Waals surface area contributed by atoms with Gasteiger partial charge in [-0.25, -0.2) is 8.42 Å². The van der Waals surface area contributed by atoms with Crippen LogP contribution in [0.25, 0.3) is 0 Å². The van der Waals surface area contributed by atoms with Crippen LogP contribution in [0, 0.1) is 6.92 Å². The minimum Gasteiger partial charge on any atom is -0.348 e. The molecular weight excluding hydrogens is 384 g/mol. The molecule has 5 nitrogen and oxygen atoms in total. The lowest BCUT2D eigenvalue weighted by Crippen LogP contribution is -2.49. The average Bonchev–Trinajstić information content (AvgIpc) is 2.60. The van der Waals surface area contributed by atoms with Crippen molar-refractivity contribution in [2.24, 2.45) is 0 Å². The van der Waals surface area contributed by atoms with Gasteiger partial charge in [0, 0.05) is 5.02 Å². The van der Waals surface area contributed by atoms with Gasteiger partial charge in [-0.2, -0.15) is 0 Å². The first kappa shape index (κ1) is 21.3. The van der Waals surface area contributed by atoms with Gasteiger partial charge in [0.25, 0.3) is 0 Å². The highest BCUT2D eigenvalue weighted by atomic mass is 35.5. The van der Waals surface area contributed by atoms with E-state index in [0.717, 1.165) is 21.7 Å². The Morgan fingerprint density at radius 2 is 1.67 bits per heavy atom. The van der Waals surface area contributed by atoms with Crippen LogP contribution in [-0.4, -0.2) is 26.6 Å². The molecule has 0 saturated carbocycles. The fourth-order valence-corrected chi connectivity index (χ4v) is 4.23. The zero-order chi connectivity index (χ0) is 20.2. The van der Waals surface area contributed by atoms with E-state index in [2.05, 4.69) is 5.32 Å². The highest BCUT2D eigenvalue weighted by Gasteiger charge is 2.32. The molecule has 2 rings (SSSR count). The second-order valence-electron chi connectivity index (χ2n) is 6.60. The Bertz CT molecular complexity index is 880. The van der Waals surface area contributed by atoms with Crippen molar-refractivity contribution in [1.82, 2.24) is 5.32 Å². The predicted octanol–water partition coefficient (Wildman–Crippen LogP) is 4.07. The van der Waals surface area contributed by atoms with Crippen LogP contribution >= 0.6 is 11.6 Å². The molecule has 7 heteroatoms. The number of benzene rings is 2. The van der Waals surface area contributed by atoms with Gasteiger partial charge in [-0.3, -0.25) is 9.10 Å². The third kappa shape index (κ3) is 5.47. The summed E-state index contributed by atoms with van der Waals surface area (Å²) in [5, 5.41) is 3.43. The molecule has 1 amide bonds. The number of aryl methyl sites for hydroxylation is 1. The summed E-state index contributed by atoms with van der Waals surface area (Å²) in [4.78, 5) is 12.9. The Hall–Kier alpha value is -2.05. The number of sulfonamides is 1. The average molecular weight is 409 g/mol. The van der Waals surface area contributed by atoms with Crippen molar-refractivity contribution in [3.8, 4) is 0 Å². The van der Waals surface area contributed by atoms with E-state index in [1.807, 2.05) is 38.1 Å². The number of hydrogen-bond donors (Lipinski definition) is 1. The third-order valence-corrected chi connectivity index (χ3v) is 5.78. The van der Waals surface area contributed by atoms with E-state index in [-0.39, 0.29) is 11.9 Å². The van der Waals surface area contributed by atoms with E-state index >= 15 is 0 Å². The van der Waals surface area contributed by atoms with E-state index < -0.39 is 16.1 Å². The number of halogens is 1. The van der Waals surface area contributed by atoms with Crippen molar-refractivity contribution in [3.05, 3.63) is 64.7 Å². The van der Waals surface area contributed by atoms with E-state index in [0.29, 0.717) is 17.1 Å². The molecule has 0 aromatic heterocycles. The van der Waals surface area contributed by atoms with E-state index in [9.17, 15) is 13.2 Å². The SMILES string of the molecule is CC[C@H](C(=O)N[C@H](C)c1ccc(C)cc1)N(c1ccc(Cl)cc1)S(C)(=O)=O. The first-order chi connectivity index (χ1) is 12.6. The van der Waals surface area contributed by atoms with Crippen molar-refractivity contribution >= 4 is 33.2 Å². The van der Waals surface area contributed by atoms with Crippen LogP contribution in [0.15, 0.2) is 48.5 Å². The van der Waals surface area contributed by atoms with Gasteiger partial charge in [-0.05, 0) is 50.1 Å². The summed E-state index contributed by atoms with van der Waals surface area (Å²) in [7, 11) is -3.66. The summed E-state index contributed by atoms with van der Waals surface area (Å²) in [6.45, 7) is 5.66. The predicted molar refractivity (Wildman–Crippen MR) is 111 cm³/mol. The molecule has 0 unspecified atom stereocenters. The second-order valence-corrected chi connectivity index (χ2v) is 8.90. The standard InChI is InChI=1S/C20H25ClN2O3S/c1-5-19(20(24)22-15(3)16-8-6-14(2)7-9-16)23(27(4,25)26)18-12-10-17(21)11-13-18/h6-13,15,19H,5H2,1-4H3,(H,22,24)/t15-,19-/m1/s1. The summed E-state index contributed by atoms with van der Waals surface area (Å²) in [6.07, 6.45) is 1.43. The van der Waals surface area contributed by atoms with Crippen LogP contribution in [0.2, 0.25) is 5.02 Å². The summed E-state index contributed by atoms with van der Waals surface area (Å²) >= 11 is 5.91. The van der Waals surface area contributed by atoms with Crippen molar-refractivity contribution in [2.45, 2.75) is 39.3 Å². The molecule has 0 heterocycles. The first-order valence-corrected chi connectivity index (χ1v) is 11.0. The molecule has 0 aliphatic carbocycles. The molecule has 0 radical (unpaired) electrons. The van der Waals surface area contributed by atoms with Gasteiger partial charge in [-0.1, -0.05) is 48.4 Å². The van der Waals surface area contributed by atoms with Gasteiger partial charge < -0.3 is 5.32 Å². The molecular formula is C20H25ClN2O3S. The fourth-order valence-electron chi connectivity index (χ4n) is 2.90. The molecule has 0 bridgehead atoms. The zero-order valence-electron chi connectivity index (χ0n) is 15.9. The number of carbonyl (C=O) groups excluding carboxylic acids is 1. The Morgan fingerprint density at radius 1 is 1.11 bits per heavy atom. The van der Waals surface area contributed by atoms with Gasteiger partial charge in [-0.15, -0.1) is 0 Å². The molecule has 0 saturated heterocycles. The molecule has 1 N–H and O–H groups in total. The van der Waals surface area contributed by atoms with Gasteiger partial charge >= 0.3 is 0 Å². The number of carbonyl (C=O) groups is 1. The van der Waals surface area contributed by atoms with Crippen LogP contribution in [0.4, 0.5) is 5.69 Å². The largest absolute Gasteiger partial charge is 0.348 e. The molecule has 0 fully saturated rings. The van der Waals surface area contributed by atoms with Gasteiger partial charge in [0.2, 0.25) is 15.9 Å². The molecule has 146 valence electrons. The van der Waals surface area contributed by atoms with Gasteiger partial charge in [0.15, 0.2) is 0 Å². The number of nitrogens with one attached hydrogen (secondary N) is 1. The topological polar surface area (TPSA) is 66.5 Å². The van der Waals surface area contributed by atoms with Crippen molar-refractivity contribution in [2.75, 3.05) is 10.6 Å². The summed E-state index contributed by atoms with van der Waals surface area (Å²) in [6, 6.07) is 13.2. The zero-order valence-corrected chi connectivity index (χ0v) is 17.5. The van der Waals surface area contributed by atoms with Crippen LogP contribution in [0.3, 0.4) is 0 Å². The Balaban J connectivity index is 2.28. The Kier molecular flexibility index (Phi) is 6.89. The van der Waals surface area contributed by atoms with Crippen molar-refractivity contribution in [3.63, 3.8) is 0 Å². The van der Waals surface area contributed by atoms with Crippen molar-refractivity contribution < 1.29 is 13.2 Å². The van der Waals surface area contributed by atoms with E-state index in [1.165, 1.54) is 0 Å². The minimum atomic E-state index is -3.66. The Morgan fingerprint density at radius 3 is 2.15 bits per heavy atom. The third-order valence-electron chi connectivity index (χ3n) is 4.35. The van der Waals surface area contributed by atoms with Gasteiger partial charge in [0.1, 0.15) is 6.04 Å². The highest BCUT2D eigenvalue weighted by Crippen LogP contribution is 2.25. The molecule has 0 aliphatic rings. The monoisotopic (exact) mass is 408 g/mol. The summed E-state index contributed by atoms with van der Waals surface area (Å²) in [5.74, 6) is -0.342. The second kappa shape index (κ2) is 8.76. The number of anilines is 1. The highest BCUT2D eigenvalue weighted by molar-refractivity contribution is 7.92. The lowest BCUT2D eigenvalue weighted by atomic mass is 10.1. The number of hydrogen-bond acceptors (Lipinski definition) is 3. The van der Waals surface area contributed by atoms with E-state index in [4.69, 9.17) is 11.6 Å². The first-order valence-electron chi connectivity index (χ1n) is 8.75. The summed E-state index contributed by atoms with van der Waals surface area (Å²) < 4.78 is 26.0. The minimum absolute atomic E-state index is 0.237. The molecule has 2 aromatic carbocycles. The van der Waals surface area contributed by atoms with Crippen LogP contribution in [-0.2, 0) is 14.8 Å². The molecule has 27 heavy (non-hydrogen) atoms. The normalized spacial score (nSPS) is 13.7. The number of nitrogens with zero attached hydrogens (tertiary/aromatic N) is 1. The van der Waals surface area contributed by atoms with Crippen LogP contribution in [0.1, 0.15) is 37.4 Å². The lowest BCUT2D eigenvalue weighted by molar-refractivity contribution is -0.122. The molecule has 0 spiro atoms. The maximum Gasteiger partial charge on any atom is 0.244 e. The molecule has 0 aliphatic heterocycles. The Labute approximate surface area is 166 Å². The van der Waals surface area contributed by atoms with Crippen LogP contribution < -0.4 is 9.62 Å². The quantitative estimate of drug-likeness (QED) is 0.750. The maximum atomic E-state index is 12.9. The van der Waals surface area contributed by atoms with Crippen LogP contribution in [0.5, 0.6) is 0 Å². The summed E-state index contributed by atoms with van der Waals surface area (Å²) in [5.41, 5.74) is 2.50.